The monoisotopic (exact) mass is 286 g/mol. The van der Waals surface area contributed by atoms with E-state index >= 15 is 0 Å². The van der Waals surface area contributed by atoms with Gasteiger partial charge in [0.2, 0.25) is 0 Å². The molecular formula is C15H20Cl2O. The van der Waals surface area contributed by atoms with E-state index in [1.807, 2.05) is 6.07 Å². The van der Waals surface area contributed by atoms with E-state index < -0.39 is 0 Å². The van der Waals surface area contributed by atoms with Crippen molar-refractivity contribution in [3.63, 3.8) is 0 Å². The van der Waals surface area contributed by atoms with Gasteiger partial charge in [-0.25, -0.2) is 0 Å². The van der Waals surface area contributed by atoms with Gasteiger partial charge in [-0.05, 0) is 24.1 Å². The van der Waals surface area contributed by atoms with Crippen LogP contribution in [-0.2, 0) is 11.2 Å². The molecule has 1 rings (SSSR count). The largest absolute Gasteiger partial charge is 0.299 e. The molecule has 0 spiro atoms. The SMILES string of the molecule is CCCCCCCC(=O)Cc1ccc(Cl)c(Cl)c1. The lowest BCUT2D eigenvalue weighted by Crippen LogP contribution is -2.02. The highest BCUT2D eigenvalue weighted by molar-refractivity contribution is 6.42. The molecule has 0 unspecified atom stereocenters. The summed E-state index contributed by atoms with van der Waals surface area (Å²) in [5.74, 6) is 0.282. The molecule has 0 radical (unpaired) electrons. The van der Waals surface area contributed by atoms with E-state index in [1.54, 1.807) is 12.1 Å². The minimum atomic E-state index is 0.282. The lowest BCUT2D eigenvalue weighted by Gasteiger charge is -2.03. The van der Waals surface area contributed by atoms with Crippen LogP contribution >= 0.6 is 23.2 Å². The first-order valence-electron chi connectivity index (χ1n) is 6.59. The van der Waals surface area contributed by atoms with Gasteiger partial charge < -0.3 is 0 Å². The van der Waals surface area contributed by atoms with E-state index in [4.69, 9.17) is 23.2 Å². The van der Waals surface area contributed by atoms with Crippen LogP contribution < -0.4 is 0 Å². The second kappa shape index (κ2) is 8.55. The van der Waals surface area contributed by atoms with Crippen LogP contribution in [0.5, 0.6) is 0 Å². The summed E-state index contributed by atoms with van der Waals surface area (Å²) in [4.78, 5) is 11.8. The highest BCUT2D eigenvalue weighted by Crippen LogP contribution is 2.23. The van der Waals surface area contributed by atoms with E-state index in [2.05, 4.69) is 6.92 Å². The van der Waals surface area contributed by atoms with Crippen LogP contribution in [0, 0.1) is 0 Å². The fourth-order valence-electron chi connectivity index (χ4n) is 1.89. The summed E-state index contributed by atoms with van der Waals surface area (Å²) in [6.45, 7) is 2.19. The molecule has 18 heavy (non-hydrogen) atoms. The quantitative estimate of drug-likeness (QED) is 0.580. The fourth-order valence-corrected chi connectivity index (χ4v) is 2.21. The molecule has 1 aromatic carbocycles. The molecule has 1 nitrogen and oxygen atoms in total. The Balaban J connectivity index is 2.29. The molecule has 0 aliphatic carbocycles. The van der Waals surface area contributed by atoms with Gasteiger partial charge in [0.25, 0.3) is 0 Å². The number of carbonyl (C=O) groups excluding carboxylic acids is 1. The molecule has 0 heterocycles. The van der Waals surface area contributed by atoms with Crippen LogP contribution in [0.15, 0.2) is 18.2 Å². The molecule has 0 fully saturated rings. The number of hydrogen-bond acceptors (Lipinski definition) is 1. The molecule has 1 aromatic rings. The van der Waals surface area contributed by atoms with Crippen molar-refractivity contribution < 1.29 is 4.79 Å². The maximum atomic E-state index is 11.8. The van der Waals surface area contributed by atoms with Gasteiger partial charge in [0.05, 0.1) is 10.0 Å². The van der Waals surface area contributed by atoms with E-state index in [1.165, 1.54) is 19.3 Å². The molecule has 0 aliphatic rings. The number of hydrogen-bond donors (Lipinski definition) is 0. The van der Waals surface area contributed by atoms with Crippen LogP contribution in [0.2, 0.25) is 10.0 Å². The Labute approximate surface area is 119 Å². The van der Waals surface area contributed by atoms with Crippen molar-refractivity contribution in [1.82, 2.24) is 0 Å². The Morgan fingerprint density at radius 2 is 1.78 bits per heavy atom. The summed E-state index contributed by atoms with van der Waals surface area (Å²) >= 11 is 11.7. The number of rotatable bonds is 8. The number of unbranched alkanes of at least 4 members (excludes halogenated alkanes) is 4. The molecule has 0 bridgehead atoms. The first kappa shape index (κ1) is 15.5. The Kier molecular flexibility index (Phi) is 7.38. The maximum Gasteiger partial charge on any atom is 0.137 e. The molecular weight excluding hydrogens is 267 g/mol. The Morgan fingerprint density at radius 1 is 1.06 bits per heavy atom. The van der Waals surface area contributed by atoms with Crippen LogP contribution in [0.4, 0.5) is 0 Å². The highest BCUT2D eigenvalue weighted by Gasteiger charge is 2.05. The van der Waals surface area contributed by atoms with E-state index in [9.17, 15) is 4.79 Å². The standard InChI is InChI=1S/C15H20Cl2O/c1-2-3-4-5-6-7-13(18)10-12-8-9-14(16)15(17)11-12/h8-9,11H,2-7,10H2,1H3. The number of halogens is 2. The zero-order valence-electron chi connectivity index (χ0n) is 10.8. The average molecular weight is 287 g/mol. The Hall–Kier alpha value is -0.530. The normalized spacial score (nSPS) is 10.6. The zero-order valence-corrected chi connectivity index (χ0v) is 12.4. The van der Waals surface area contributed by atoms with Gasteiger partial charge in [-0.1, -0.05) is 61.9 Å². The predicted octanol–water partition coefficient (Wildman–Crippen LogP) is 5.47. The first-order valence-corrected chi connectivity index (χ1v) is 7.34. The molecule has 0 amide bonds. The van der Waals surface area contributed by atoms with Crippen molar-refractivity contribution in [3.05, 3.63) is 33.8 Å². The zero-order chi connectivity index (χ0) is 13.4. The minimum Gasteiger partial charge on any atom is -0.299 e. The Bertz CT molecular complexity index is 388. The molecule has 100 valence electrons. The third-order valence-electron chi connectivity index (χ3n) is 2.94. The smallest absolute Gasteiger partial charge is 0.137 e. The molecule has 3 heteroatoms. The molecule has 0 aliphatic heterocycles. The van der Waals surface area contributed by atoms with Crippen molar-refractivity contribution in [2.45, 2.75) is 51.9 Å². The van der Waals surface area contributed by atoms with Crippen LogP contribution in [0.3, 0.4) is 0 Å². The van der Waals surface area contributed by atoms with Gasteiger partial charge >= 0.3 is 0 Å². The van der Waals surface area contributed by atoms with Gasteiger partial charge in [-0.15, -0.1) is 0 Å². The van der Waals surface area contributed by atoms with Gasteiger partial charge in [0.1, 0.15) is 5.78 Å². The van der Waals surface area contributed by atoms with E-state index in [0.717, 1.165) is 18.4 Å². The van der Waals surface area contributed by atoms with Gasteiger partial charge in [-0.2, -0.15) is 0 Å². The Morgan fingerprint density at radius 3 is 2.44 bits per heavy atom. The first-order chi connectivity index (χ1) is 8.63. The van der Waals surface area contributed by atoms with Crippen molar-refractivity contribution in [1.29, 1.82) is 0 Å². The van der Waals surface area contributed by atoms with E-state index in [0.29, 0.717) is 22.9 Å². The third kappa shape index (κ3) is 5.88. The number of carbonyl (C=O) groups is 1. The molecule has 0 atom stereocenters. The van der Waals surface area contributed by atoms with Crippen LogP contribution in [-0.4, -0.2) is 5.78 Å². The van der Waals surface area contributed by atoms with Gasteiger partial charge in [0.15, 0.2) is 0 Å². The maximum absolute atomic E-state index is 11.8. The van der Waals surface area contributed by atoms with E-state index in [-0.39, 0.29) is 5.78 Å². The molecule has 0 saturated heterocycles. The summed E-state index contributed by atoms with van der Waals surface area (Å²) in [7, 11) is 0. The third-order valence-corrected chi connectivity index (χ3v) is 3.68. The molecule has 0 saturated carbocycles. The summed E-state index contributed by atoms with van der Waals surface area (Å²) in [6, 6.07) is 5.38. The van der Waals surface area contributed by atoms with Crippen LogP contribution in [0.1, 0.15) is 51.0 Å². The van der Waals surface area contributed by atoms with Crippen molar-refractivity contribution >= 4 is 29.0 Å². The van der Waals surface area contributed by atoms with Crippen LogP contribution in [0.25, 0.3) is 0 Å². The highest BCUT2D eigenvalue weighted by atomic mass is 35.5. The number of benzene rings is 1. The van der Waals surface area contributed by atoms with Gasteiger partial charge in [-0.3, -0.25) is 4.79 Å². The summed E-state index contributed by atoms with van der Waals surface area (Å²) in [5.41, 5.74) is 0.947. The lowest BCUT2D eigenvalue weighted by atomic mass is 10.0. The van der Waals surface area contributed by atoms with Crippen molar-refractivity contribution in [3.8, 4) is 0 Å². The molecule has 0 N–H and O–H groups in total. The lowest BCUT2D eigenvalue weighted by molar-refractivity contribution is -0.118. The summed E-state index contributed by atoms with van der Waals surface area (Å²) in [5, 5.41) is 1.05. The second-order valence-corrected chi connectivity index (χ2v) is 5.44. The molecule has 0 aromatic heterocycles. The summed E-state index contributed by atoms with van der Waals surface area (Å²) < 4.78 is 0. The van der Waals surface area contributed by atoms with Gasteiger partial charge in [0, 0.05) is 12.8 Å². The fraction of sp³-hybridized carbons (Fsp3) is 0.533. The number of ketones is 1. The van der Waals surface area contributed by atoms with Crippen molar-refractivity contribution in [2.75, 3.05) is 0 Å². The number of Topliss-reactive ketones (excluding diaryl/α,β-unsaturated/α-hetero) is 1. The average Bonchev–Trinajstić information content (AvgIpc) is 2.34. The predicted molar refractivity (Wildman–Crippen MR) is 78.5 cm³/mol. The van der Waals surface area contributed by atoms with Crippen molar-refractivity contribution in [2.24, 2.45) is 0 Å². The summed E-state index contributed by atoms with van der Waals surface area (Å²) in [6.07, 6.45) is 7.02. The second-order valence-electron chi connectivity index (χ2n) is 4.63. The minimum absolute atomic E-state index is 0.282. The topological polar surface area (TPSA) is 17.1 Å².